The highest BCUT2D eigenvalue weighted by Gasteiger charge is 2.42. The van der Waals surface area contributed by atoms with Crippen molar-refractivity contribution in [1.29, 1.82) is 0 Å². The lowest BCUT2D eigenvalue weighted by atomic mass is 9.86. The van der Waals surface area contributed by atoms with Crippen LogP contribution in [0.1, 0.15) is 90.0 Å². The summed E-state index contributed by atoms with van der Waals surface area (Å²) in [5.74, 6) is 0.233. The predicted molar refractivity (Wildman–Crippen MR) is 147 cm³/mol. The zero-order valence-corrected chi connectivity index (χ0v) is 24.3. The summed E-state index contributed by atoms with van der Waals surface area (Å²) in [7, 11) is 0. The van der Waals surface area contributed by atoms with Crippen LogP contribution >= 0.6 is 11.8 Å². The van der Waals surface area contributed by atoms with Crippen molar-refractivity contribution in [3.05, 3.63) is 34.9 Å². The summed E-state index contributed by atoms with van der Waals surface area (Å²) in [6.07, 6.45) is 4.45. The Labute approximate surface area is 221 Å². The molecular formula is C28H45N3O4S. The Morgan fingerprint density at radius 3 is 2.22 bits per heavy atom. The van der Waals surface area contributed by atoms with E-state index in [2.05, 4.69) is 10.6 Å². The molecular weight excluding hydrogens is 474 g/mol. The van der Waals surface area contributed by atoms with Gasteiger partial charge in [0.15, 0.2) is 0 Å². The van der Waals surface area contributed by atoms with Crippen molar-refractivity contribution in [3.8, 4) is 0 Å². The van der Waals surface area contributed by atoms with Gasteiger partial charge in [-0.25, -0.2) is 4.79 Å². The van der Waals surface area contributed by atoms with Crippen LogP contribution in [0.25, 0.3) is 0 Å². The summed E-state index contributed by atoms with van der Waals surface area (Å²) in [6, 6.07) is 4.33. The molecule has 2 N–H and O–H groups in total. The number of amides is 3. The van der Waals surface area contributed by atoms with Gasteiger partial charge in [0, 0.05) is 11.6 Å². The van der Waals surface area contributed by atoms with Crippen molar-refractivity contribution in [2.24, 2.45) is 0 Å². The van der Waals surface area contributed by atoms with Gasteiger partial charge in [-0.2, -0.15) is 11.8 Å². The zero-order valence-electron chi connectivity index (χ0n) is 23.5. The van der Waals surface area contributed by atoms with E-state index in [1.807, 2.05) is 59.1 Å². The molecule has 2 unspecified atom stereocenters. The molecule has 0 aromatic heterocycles. The topological polar surface area (TPSA) is 87.7 Å². The molecule has 202 valence electrons. The molecule has 7 nitrogen and oxygen atoms in total. The number of carbonyl (C=O) groups excluding carboxylic acids is 3. The van der Waals surface area contributed by atoms with Crippen LogP contribution in [0, 0.1) is 13.8 Å². The van der Waals surface area contributed by atoms with Crippen LogP contribution in [0.4, 0.5) is 4.79 Å². The molecule has 1 aliphatic carbocycles. The molecule has 1 fully saturated rings. The number of aryl methyl sites for hydroxylation is 2. The van der Waals surface area contributed by atoms with Crippen molar-refractivity contribution >= 4 is 29.7 Å². The number of benzene rings is 1. The van der Waals surface area contributed by atoms with Gasteiger partial charge in [-0.15, -0.1) is 0 Å². The molecule has 36 heavy (non-hydrogen) atoms. The Kier molecular flexibility index (Phi) is 10.3. The van der Waals surface area contributed by atoms with Gasteiger partial charge in [0.1, 0.15) is 17.7 Å². The van der Waals surface area contributed by atoms with Gasteiger partial charge < -0.3 is 20.3 Å². The summed E-state index contributed by atoms with van der Waals surface area (Å²) < 4.78 is 5.46. The van der Waals surface area contributed by atoms with Crippen LogP contribution in [0.5, 0.6) is 0 Å². The molecule has 1 aliphatic rings. The fourth-order valence-electron chi connectivity index (χ4n) is 4.29. The third-order valence-corrected chi connectivity index (χ3v) is 6.71. The standard InChI is InChI=1S/C28H45N3O4S/c1-18-13-14-21(19(2)17-18)23(24(32)30-27(3,4)5)31(20-11-10-12-20)25(33)22(15-16-36-9)29-26(34)35-28(6,7)8/h13-14,17,20,22-23H,10-12,15-16H2,1-9H3,(H,29,34)(H,30,32). The number of hydrogen-bond acceptors (Lipinski definition) is 5. The quantitative estimate of drug-likeness (QED) is 0.463. The van der Waals surface area contributed by atoms with Crippen molar-refractivity contribution in [3.63, 3.8) is 0 Å². The highest BCUT2D eigenvalue weighted by atomic mass is 32.2. The molecule has 2 atom stereocenters. The van der Waals surface area contributed by atoms with Crippen LogP contribution in [0.3, 0.4) is 0 Å². The Morgan fingerprint density at radius 1 is 1.11 bits per heavy atom. The maximum absolute atomic E-state index is 14.2. The van der Waals surface area contributed by atoms with E-state index in [9.17, 15) is 14.4 Å². The van der Waals surface area contributed by atoms with Crippen LogP contribution in [-0.2, 0) is 14.3 Å². The summed E-state index contributed by atoms with van der Waals surface area (Å²) in [5.41, 5.74) is 1.72. The lowest BCUT2D eigenvalue weighted by Gasteiger charge is -2.44. The minimum absolute atomic E-state index is 0.0638. The number of carbonyl (C=O) groups is 3. The highest BCUT2D eigenvalue weighted by molar-refractivity contribution is 7.98. The highest BCUT2D eigenvalue weighted by Crippen LogP contribution is 2.35. The summed E-state index contributed by atoms with van der Waals surface area (Å²) >= 11 is 1.61. The van der Waals surface area contributed by atoms with E-state index in [4.69, 9.17) is 4.74 Å². The van der Waals surface area contributed by atoms with E-state index < -0.39 is 29.3 Å². The van der Waals surface area contributed by atoms with Crippen LogP contribution in [-0.4, -0.2) is 58.0 Å². The first-order valence-corrected chi connectivity index (χ1v) is 14.2. The van der Waals surface area contributed by atoms with E-state index >= 15 is 0 Å². The lowest BCUT2D eigenvalue weighted by molar-refractivity contribution is -0.148. The Balaban J connectivity index is 2.53. The maximum atomic E-state index is 14.2. The monoisotopic (exact) mass is 519 g/mol. The smallest absolute Gasteiger partial charge is 0.408 e. The summed E-state index contributed by atoms with van der Waals surface area (Å²) in [6.45, 7) is 15.2. The third-order valence-electron chi connectivity index (χ3n) is 6.07. The average molecular weight is 520 g/mol. The van der Waals surface area contributed by atoms with Crippen molar-refractivity contribution in [2.75, 3.05) is 12.0 Å². The maximum Gasteiger partial charge on any atom is 0.408 e. The molecule has 3 amide bonds. The second-order valence-corrected chi connectivity index (χ2v) is 12.8. The van der Waals surface area contributed by atoms with Gasteiger partial charge in [-0.3, -0.25) is 9.59 Å². The number of rotatable bonds is 9. The normalized spacial score (nSPS) is 15.9. The van der Waals surface area contributed by atoms with Crippen molar-refractivity contribution in [2.45, 2.75) is 110 Å². The predicted octanol–water partition coefficient (Wildman–Crippen LogP) is 5.29. The Morgan fingerprint density at radius 2 is 1.75 bits per heavy atom. The molecule has 1 aromatic carbocycles. The molecule has 0 heterocycles. The van der Waals surface area contributed by atoms with Gasteiger partial charge in [0.25, 0.3) is 0 Å². The zero-order chi connectivity index (χ0) is 27.3. The largest absolute Gasteiger partial charge is 0.444 e. The molecule has 0 spiro atoms. The number of nitrogens with zero attached hydrogens (tertiary/aromatic N) is 1. The fourth-order valence-corrected chi connectivity index (χ4v) is 4.76. The van der Waals surface area contributed by atoms with Crippen molar-refractivity contribution in [1.82, 2.24) is 15.5 Å². The van der Waals surface area contributed by atoms with Gasteiger partial charge in [0.2, 0.25) is 11.8 Å². The first kappa shape index (κ1) is 30.0. The fraction of sp³-hybridized carbons (Fsp3) is 0.679. The van der Waals surface area contributed by atoms with Crippen LogP contribution < -0.4 is 10.6 Å². The molecule has 0 bridgehead atoms. The minimum atomic E-state index is -0.792. The van der Waals surface area contributed by atoms with Crippen molar-refractivity contribution < 1.29 is 19.1 Å². The van der Waals surface area contributed by atoms with E-state index in [0.717, 1.165) is 36.0 Å². The van der Waals surface area contributed by atoms with Gasteiger partial charge in [0.05, 0.1) is 0 Å². The molecule has 1 saturated carbocycles. The van der Waals surface area contributed by atoms with E-state index in [1.54, 1.807) is 37.4 Å². The van der Waals surface area contributed by atoms with Crippen LogP contribution in [0.2, 0.25) is 0 Å². The summed E-state index contributed by atoms with van der Waals surface area (Å²) in [4.78, 5) is 42.4. The van der Waals surface area contributed by atoms with Gasteiger partial charge >= 0.3 is 6.09 Å². The number of alkyl carbamates (subject to hydrolysis) is 1. The number of thioether (sulfide) groups is 1. The number of hydrogen-bond donors (Lipinski definition) is 2. The Hall–Kier alpha value is -2.22. The van der Waals surface area contributed by atoms with E-state index in [0.29, 0.717) is 12.2 Å². The second kappa shape index (κ2) is 12.3. The number of ether oxygens (including phenoxy) is 1. The lowest BCUT2D eigenvalue weighted by Crippen LogP contribution is -2.58. The molecule has 8 heteroatoms. The van der Waals surface area contributed by atoms with Gasteiger partial charge in [-0.05, 0) is 104 Å². The molecule has 0 radical (unpaired) electrons. The molecule has 2 rings (SSSR count). The average Bonchev–Trinajstić information content (AvgIpc) is 2.67. The second-order valence-electron chi connectivity index (χ2n) is 11.8. The number of nitrogens with one attached hydrogen (secondary N) is 2. The molecule has 0 aliphatic heterocycles. The minimum Gasteiger partial charge on any atom is -0.444 e. The first-order valence-electron chi connectivity index (χ1n) is 12.8. The van der Waals surface area contributed by atoms with E-state index in [1.165, 1.54) is 0 Å². The summed E-state index contributed by atoms with van der Waals surface area (Å²) in [5, 5.41) is 5.91. The first-order chi connectivity index (χ1) is 16.6. The Bertz CT molecular complexity index is 932. The SMILES string of the molecule is CSCCC(NC(=O)OC(C)(C)C)C(=O)N(C1CCC1)C(C(=O)NC(C)(C)C)c1ccc(C)cc1C. The van der Waals surface area contributed by atoms with E-state index in [-0.39, 0.29) is 17.9 Å². The van der Waals surface area contributed by atoms with Gasteiger partial charge in [-0.1, -0.05) is 23.8 Å². The third kappa shape index (κ3) is 8.71. The molecule has 0 saturated heterocycles. The molecule has 1 aromatic rings. The van der Waals surface area contributed by atoms with Crippen LogP contribution in [0.15, 0.2) is 18.2 Å².